The van der Waals surface area contributed by atoms with Crippen molar-refractivity contribution in [2.45, 2.75) is 19.6 Å². The average Bonchev–Trinajstić information content (AvgIpc) is 2.10. The van der Waals surface area contributed by atoms with Gasteiger partial charge in [0.1, 0.15) is 6.23 Å². The summed E-state index contributed by atoms with van der Waals surface area (Å²) in [5.74, 6) is 0. The number of hydrogen-bond donors (Lipinski definition) is 0. The maximum Gasteiger partial charge on any atom is 0.110 e. The van der Waals surface area contributed by atoms with Crippen molar-refractivity contribution in [1.29, 1.82) is 0 Å². The van der Waals surface area contributed by atoms with Gasteiger partial charge >= 0.3 is 0 Å². The quantitative estimate of drug-likeness (QED) is 0.620. The van der Waals surface area contributed by atoms with Crippen molar-refractivity contribution in [2.24, 2.45) is 0 Å². The molecule has 1 rings (SSSR count). The summed E-state index contributed by atoms with van der Waals surface area (Å²) in [6.45, 7) is 6.79. The van der Waals surface area contributed by atoms with Gasteiger partial charge in [-0.1, -0.05) is 6.92 Å². The van der Waals surface area contributed by atoms with E-state index in [2.05, 4.69) is 23.8 Å². The molecule has 0 aliphatic carbocycles. The zero-order valence-corrected chi connectivity index (χ0v) is 8.42. The van der Waals surface area contributed by atoms with E-state index < -0.39 is 0 Å². The molecule has 0 amide bonds. The predicted octanol–water partition coefficient (Wildman–Crippen LogP) is 0.616. The van der Waals surface area contributed by atoms with Gasteiger partial charge in [-0.25, -0.2) is 0 Å². The second kappa shape index (κ2) is 4.80. The smallest absolute Gasteiger partial charge is 0.110 e. The first kappa shape index (κ1) is 9.96. The minimum Gasteiger partial charge on any atom is -0.366 e. The van der Waals surface area contributed by atoms with Crippen LogP contribution < -0.4 is 0 Å². The van der Waals surface area contributed by atoms with E-state index in [1.54, 1.807) is 7.11 Å². The van der Waals surface area contributed by atoms with Gasteiger partial charge in [-0.2, -0.15) is 0 Å². The van der Waals surface area contributed by atoms with Crippen LogP contribution in [-0.2, 0) is 4.74 Å². The van der Waals surface area contributed by atoms with Gasteiger partial charge in [-0.15, -0.1) is 0 Å². The second-order valence-corrected chi connectivity index (χ2v) is 3.44. The van der Waals surface area contributed by atoms with Crippen LogP contribution in [0.3, 0.4) is 0 Å². The Kier molecular flexibility index (Phi) is 3.98. The molecular formula is C9H20N2O. The molecule has 0 spiro atoms. The highest BCUT2D eigenvalue weighted by Gasteiger charge is 2.19. The summed E-state index contributed by atoms with van der Waals surface area (Å²) in [6.07, 6.45) is 1.42. The van der Waals surface area contributed by atoms with Gasteiger partial charge in [0, 0.05) is 33.3 Å². The van der Waals surface area contributed by atoms with Gasteiger partial charge in [-0.3, -0.25) is 4.90 Å². The minimum absolute atomic E-state index is 0.332. The molecule has 0 aromatic heterocycles. The fourth-order valence-electron chi connectivity index (χ4n) is 1.68. The Morgan fingerprint density at radius 3 is 2.25 bits per heavy atom. The molecule has 0 aromatic carbocycles. The van der Waals surface area contributed by atoms with E-state index in [1.165, 1.54) is 13.1 Å². The summed E-state index contributed by atoms with van der Waals surface area (Å²) in [6, 6.07) is 0. The third-order valence-electron chi connectivity index (χ3n) is 2.57. The van der Waals surface area contributed by atoms with Crippen LogP contribution in [0, 0.1) is 0 Å². The third kappa shape index (κ3) is 2.44. The summed E-state index contributed by atoms with van der Waals surface area (Å²) in [5, 5.41) is 0. The SMILES string of the molecule is CCC(OC)N1CCN(C)CC1. The number of piperazine rings is 1. The summed E-state index contributed by atoms with van der Waals surface area (Å²) in [7, 11) is 3.97. The fraction of sp³-hybridized carbons (Fsp3) is 1.00. The monoisotopic (exact) mass is 172 g/mol. The van der Waals surface area contributed by atoms with Gasteiger partial charge < -0.3 is 9.64 Å². The first-order valence-corrected chi connectivity index (χ1v) is 4.73. The van der Waals surface area contributed by atoms with Crippen LogP contribution in [0.2, 0.25) is 0 Å². The molecule has 0 N–H and O–H groups in total. The van der Waals surface area contributed by atoms with E-state index in [9.17, 15) is 0 Å². The van der Waals surface area contributed by atoms with Crippen LogP contribution in [0.25, 0.3) is 0 Å². The highest BCUT2D eigenvalue weighted by atomic mass is 16.5. The summed E-state index contributed by atoms with van der Waals surface area (Å²) in [5.41, 5.74) is 0. The lowest BCUT2D eigenvalue weighted by atomic mass is 10.3. The fourth-order valence-corrected chi connectivity index (χ4v) is 1.68. The second-order valence-electron chi connectivity index (χ2n) is 3.44. The predicted molar refractivity (Wildman–Crippen MR) is 50.2 cm³/mol. The molecule has 0 saturated carbocycles. The molecule has 1 fully saturated rings. The van der Waals surface area contributed by atoms with Crippen molar-refractivity contribution in [3.63, 3.8) is 0 Å². The summed E-state index contributed by atoms with van der Waals surface area (Å²) >= 11 is 0. The minimum atomic E-state index is 0.332. The van der Waals surface area contributed by atoms with Crippen LogP contribution in [0.1, 0.15) is 13.3 Å². The molecule has 0 radical (unpaired) electrons. The maximum atomic E-state index is 5.38. The molecule has 0 aromatic rings. The number of methoxy groups -OCH3 is 1. The molecule has 72 valence electrons. The van der Waals surface area contributed by atoms with Gasteiger partial charge in [0.15, 0.2) is 0 Å². The Labute approximate surface area is 75.3 Å². The van der Waals surface area contributed by atoms with Gasteiger partial charge in [0.2, 0.25) is 0 Å². The van der Waals surface area contributed by atoms with Crippen molar-refractivity contribution in [3.8, 4) is 0 Å². The van der Waals surface area contributed by atoms with E-state index >= 15 is 0 Å². The van der Waals surface area contributed by atoms with E-state index in [-0.39, 0.29) is 0 Å². The molecule has 1 saturated heterocycles. The van der Waals surface area contributed by atoms with Crippen LogP contribution >= 0.6 is 0 Å². The molecule has 1 unspecified atom stereocenters. The molecule has 3 nitrogen and oxygen atoms in total. The van der Waals surface area contributed by atoms with Crippen molar-refractivity contribution < 1.29 is 4.74 Å². The lowest BCUT2D eigenvalue weighted by Gasteiger charge is -2.36. The molecular weight excluding hydrogens is 152 g/mol. The van der Waals surface area contributed by atoms with E-state index in [1.807, 2.05) is 0 Å². The first-order chi connectivity index (χ1) is 5.77. The summed E-state index contributed by atoms with van der Waals surface area (Å²) in [4.78, 5) is 4.78. The Balaban J connectivity index is 2.32. The number of likely N-dealkylation sites (N-methyl/N-ethyl adjacent to an activating group) is 1. The average molecular weight is 172 g/mol. The van der Waals surface area contributed by atoms with E-state index in [0.717, 1.165) is 19.5 Å². The van der Waals surface area contributed by atoms with Crippen LogP contribution in [0.4, 0.5) is 0 Å². The van der Waals surface area contributed by atoms with E-state index in [0.29, 0.717) is 6.23 Å². The Morgan fingerprint density at radius 1 is 1.25 bits per heavy atom. The molecule has 12 heavy (non-hydrogen) atoms. The number of ether oxygens (including phenoxy) is 1. The molecule has 1 aliphatic rings. The lowest BCUT2D eigenvalue weighted by molar-refractivity contribution is -0.0522. The normalized spacial score (nSPS) is 24.2. The van der Waals surface area contributed by atoms with Crippen LogP contribution in [0.5, 0.6) is 0 Å². The Hall–Kier alpha value is -0.120. The highest BCUT2D eigenvalue weighted by molar-refractivity contribution is 4.71. The summed E-state index contributed by atoms with van der Waals surface area (Å²) < 4.78 is 5.38. The van der Waals surface area contributed by atoms with Crippen molar-refractivity contribution in [2.75, 3.05) is 40.3 Å². The van der Waals surface area contributed by atoms with Gasteiger partial charge in [0.25, 0.3) is 0 Å². The van der Waals surface area contributed by atoms with Gasteiger partial charge in [0.05, 0.1) is 0 Å². The Morgan fingerprint density at radius 2 is 1.83 bits per heavy atom. The highest BCUT2D eigenvalue weighted by Crippen LogP contribution is 2.08. The first-order valence-electron chi connectivity index (χ1n) is 4.73. The van der Waals surface area contributed by atoms with E-state index in [4.69, 9.17) is 4.74 Å². The van der Waals surface area contributed by atoms with Crippen LogP contribution in [-0.4, -0.2) is 56.4 Å². The molecule has 1 aliphatic heterocycles. The largest absolute Gasteiger partial charge is 0.366 e. The zero-order chi connectivity index (χ0) is 8.97. The third-order valence-corrected chi connectivity index (χ3v) is 2.57. The van der Waals surface area contributed by atoms with Crippen molar-refractivity contribution in [1.82, 2.24) is 9.80 Å². The topological polar surface area (TPSA) is 15.7 Å². The molecule has 3 heteroatoms. The molecule has 1 heterocycles. The standard InChI is InChI=1S/C9H20N2O/c1-4-9(12-3)11-7-5-10(2)6-8-11/h9H,4-8H2,1-3H3. The number of rotatable bonds is 3. The lowest BCUT2D eigenvalue weighted by Crippen LogP contribution is -2.49. The number of hydrogen-bond acceptors (Lipinski definition) is 3. The van der Waals surface area contributed by atoms with Crippen molar-refractivity contribution in [3.05, 3.63) is 0 Å². The molecule has 1 atom stereocenters. The van der Waals surface area contributed by atoms with Gasteiger partial charge in [-0.05, 0) is 13.5 Å². The zero-order valence-electron chi connectivity index (χ0n) is 8.42. The maximum absolute atomic E-state index is 5.38. The Bertz CT molecular complexity index is 118. The van der Waals surface area contributed by atoms with Crippen LogP contribution in [0.15, 0.2) is 0 Å². The molecule has 0 bridgehead atoms. The number of nitrogens with zero attached hydrogens (tertiary/aromatic N) is 2. The van der Waals surface area contributed by atoms with Crippen molar-refractivity contribution >= 4 is 0 Å².